The molecule has 134 valence electrons. The van der Waals surface area contributed by atoms with Crippen LogP contribution in [0.3, 0.4) is 0 Å². The number of ether oxygens (including phenoxy) is 1. The molecule has 1 aliphatic heterocycles. The Morgan fingerprint density at radius 3 is 2.46 bits per heavy atom. The zero-order valence-electron chi connectivity index (χ0n) is 14.9. The van der Waals surface area contributed by atoms with E-state index in [1.165, 1.54) is 4.90 Å². The monoisotopic (exact) mass is 349 g/mol. The lowest BCUT2D eigenvalue weighted by molar-refractivity contribution is -0.130. The van der Waals surface area contributed by atoms with Crippen LogP contribution in [0.1, 0.15) is 30.9 Å². The van der Waals surface area contributed by atoms with Crippen molar-refractivity contribution in [2.45, 2.75) is 32.4 Å². The van der Waals surface area contributed by atoms with Crippen LogP contribution in [0.4, 0.5) is 4.79 Å². The summed E-state index contributed by atoms with van der Waals surface area (Å²) in [4.78, 5) is 26.2. The van der Waals surface area contributed by atoms with Crippen LogP contribution in [-0.2, 0) is 16.1 Å². The van der Waals surface area contributed by atoms with E-state index in [-0.39, 0.29) is 24.5 Å². The second-order valence-electron chi connectivity index (χ2n) is 6.58. The molecular weight excluding hydrogens is 326 g/mol. The fraction of sp³-hybridized carbons (Fsp3) is 0.273. The van der Waals surface area contributed by atoms with E-state index in [2.05, 4.69) is 0 Å². The predicted octanol–water partition coefficient (Wildman–Crippen LogP) is 4.66. The fourth-order valence-corrected chi connectivity index (χ4v) is 3.22. The molecule has 2 atom stereocenters. The molecule has 0 bridgehead atoms. The van der Waals surface area contributed by atoms with Gasteiger partial charge in [0.15, 0.2) is 0 Å². The van der Waals surface area contributed by atoms with E-state index in [9.17, 15) is 9.59 Å². The third-order valence-electron chi connectivity index (χ3n) is 4.59. The summed E-state index contributed by atoms with van der Waals surface area (Å²) in [5.41, 5.74) is 2.01. The first-order valence-corrected chi connectivity index (χ1v) is 8.90. The first kappa shape index (κ1) is 17.9. The summed E-state index contributed by atoms with van der Waals surface area (Å²) in [7, 11) is 0. The van der Waals surface area contributed by atoms with Crippen molar-refractivity contribution in [3.63, 3.8) is 0 Å². The van der Waals surface area contributed by atoms with E-state index in [0.717, 1.165) is 11.1 Å². The Morgan fingerprint density at radius 1 is 1.12 bits per heavy atom. The Hall–Kier alpha value is -2.88. The second kappa shape index (κ2) is 8.48. The van der Waals surface area contributed by atoms with Gasteiger partial charge in [0, 0.05) is 12.0 Å². The molecule has 2 aromatic carbocycles. The molecule has 3 rings (SSSR count). The zero-order valence-corrected chi connectivity index (χ0v) is 14.9. The van der Waals surface area contributed by atoms with Gasteiger partial charge in [-0.05, 0) is 30.9 Å². The molecule has 2 amide bonds. The van der Waals surface area contributed by atoms with Crippen LogP contribution in [0, 0.1) is 5.92 Å². The summed E-state index contributed by atoms with van der Waals surface area (Å²) in [6, 6.07) is 19.3. The Kier molecular flexibility index (Phi) is 5.84. The maximum Gasteiger partial charge on any atom is 0.417 e. The molecule has 2 unspecified atom stereocenters. The van der Waals surface area contributed by atoms with E-state index in [4.69, 9.17) is 4.74 Å². The molecule has 1 heterocycles. The van der Waals surface area contributed by atoms with Crippen molar-refractivity contribution in [1.82, 2.24) is 4.90 Å². The third-order valence-corrected chi connectivity index (χ3v) is 4.59. The van der Waals surface area contributed by atoms with Gasteiger partial charge in [0.2, 0.25) is 5.91 Å². The van der Waals surface area contributed by atoms with Gasteiger partial charge in [-0.1, -0.05) is 72.8 Å². The molecule has 26 heavy (non-hydrogen) atoms. The lowest BCUT2D eigenvalue weighted by atomic mass is 10.0. The van der Waals surface area contributed by atoms with Crippen LogP contribution in [0.25, 0.3) is 6.08 Å². The largest absolute Gasteiger partial charge is 0.444 e. The first-order valence-electron chi connectivity index (χ1n) is 8.90. The molecule has 4 nitrogen and oxygen atoms in total. The van der Waals surface area contributed by atoms with Crippen LogP contribution in [-0.4, -0.2) is 22.9 Å². The number of amides is 2. The number of allylic oxidation sites excluding steroid dienone is 1. The van der Waals surface area contributed by atoms with Gasteiger partial charge in [-0.2, -0.15) is 0 Å². The molecule has 1 aliphatic rings. The van der Waals surface area contributed by atoms with E-state index in [0.29, 0.717) is 12.8 Å². The maximum absolute atomic E-state index is 12.6. The lowest BCUT2D eigenvalue weighted by Gasteiger charge is -2.19. The van der Waals surface area contributed by atoms with E-state index < -0.39 is 6.09 Å². The SMILES string of the molecule is CC1CC(C/C=C/c2ccccc2)C(=O)N1C(=O)OCc1ccccc1. The number of hydrogen-bond acceptors (Lipinski definition) is 3. The van der Waals surface area contributed by atoms with Gasteiger partial charge < -0.3 is 4.74 Å². The highest BCUT2D eigenvalue weighted by Gasteiger charge is 2.41. The number of nitrogens with zero attached hydrogens (tertiary/aromatic N) is 1. The van der Waals surface area contributed by atoms with E-state index in [1.807, 2.05) is 79.7 Å². The van der Waals surface area contributed by atoms with Crippen molar-refractivity contribution in [2.75, 3.05) is 0 Å². The van der Waals surface area contributed by atoms with Crippen LogP contribution < -0.4 is 0 Å². The summed E-state index contributed by atoms with van der Waals surface area (Å²) < 4.78 is 5.32. The highest BCUT2D eigenvalue weighted by atomic mass is 16.6. The standard InChI is InChI=1S/C22H23NO3/c1-17-15-20(14-8-13-18-9-4-2-5-10-18)21(24)23(17)22(25)26-16-19-11-6-3-7-12-19/h2-13,17,20H,14-16H2,1H3/b13-8+. The molecule has 4 heteroatoms. The van der Waals surface area contributed by atoms with Crippen LogP contribution >= 0.6 is 0 Å². The molecule has 0 spiro atoms. The third kappa shape index (κ3) is 4.39. The van der Waals surface area contributed by atoms with Crippen molar-refractivity contribution in [3.05, 3.63) is 77.9 Å². The Labute approximate surface area is 154 Å². The van der Waals surface area contributed by atoms with E-state index in [1.54, 1.807) is 0 Å². The highest BCUT2D eigenvalue weighted by molar-refractivity contribution is 5.95. The number of benzene rings is 2. The normalized spacial score (nSPS) is 19.9. The molecule has 0 aromatic heterocycles. The summed E-state index contributed by atoms with van der Waals surface area (Å²) in [5.74, 6) is -0.317. The second-order valence-corrected chi connectivity index (χ2v) is 6.58. The Morgan fingerprint density at radius 2 is 1.77 bits per heavy atom. The number of likely N-dealkylation sites (tertiary alicyclic amines) is 1. The number of carbonyl (C=O) groups excluding carboxylic acids is 2. The van der Waals surface area contributed by atoms with Crippen LogP contribution in [0.15, 0.2) is 66.7 Å². The molecular formula is C22H23NO3. The molecule has 1 saturated heterocycles. The van der Waals surface area contributed by atoms with Gasteiger partial charge in [-0.15, -0.1) is 0 Å². The van der Waals surface area contributed by atoms with Crippen molar-refractivity contribution >= 4 is 18.1 Å². The molecule has 2 aromatic rings. The summed E-state index contributed by atoms with van der Waals surface area (Å²) in [6.45, 7) is 2.07. The summed E-state index contributed by atoms with van der Waals surface area (Å²) in [5, 5.41) is 0. The lowest BCUT2D eigenvalue weighted by Crippen LogP contribution is -2.38. The van der Waals surface area contributed by atoms with Gasteiger partial charge in [0.05, 0.1) is 0 Å². The van der Waals surface area contributed by atoms with Crippen LogP contribution in [0.5, 0.6) is 0 Å². The van der Waals surface area contributed by atoms with Gasteiger partial charge in [-0.3, -0.25) is 4.79 Å². The maximum atomic E-state index is 12.6. The topological polar surface area (TPSA) is 46.6 Å². The summed E-state index contributed by atoms with van der Waals surface area (Å²) in [6.07, 6.45) is 4.75. The molecule has 0 saturated carbocycles. The van der Waals surface area contributed by atoms with Crippen molar-refractivity contribution in [3.8, 4) is 0 Å². The molecule has 0 radical (unpaired) electrons. The molecule has 0 aliphatic carbocycles. The van der Waals surface area contributed by atoms with Gasteiger partial charge in [0.1, 0.15) is 6.61 Å². The Balaban J connectivity index is 1.55. The molecule has 0 N–H and O–H groups in total. The number of rotatable bonds is 5. The summed E-state index contributed by atoms with van der Waals surface area (Å²) >= 11 is 0. The number of hydrogen-bond donors (Lipinski definition) is 0. The minimum Gasteiger partial charge on any atom is -0.444 e. The zero-order chi connectivity index (χ0) is 18.4. The minimum atomic E-state index is -0.555. The molecule has 1 fully saturated rings. The minimum absolute atomic E-state index is 0.138. The average molecular weight is 349 g/mol. The van der Waals surface area contributed by atoms with Crippen LogP contribution in [0.2, 0.25) is 0 Å². The van der Waals surface area contributed by atoms with Crippen molar-refractivity contribution in [1.29, 1.82) is 0 Å². The van der Waals surface area contributed by atoms with Gasteiger partial charge >= 0.3 is 6.09 Å². The number of imide groups is 1. The fourth-order valence-electron chi connectivity index (χ4n) is 3.22. The quantitative estimate of drug-likeness (QED) is 0.788. The van der Waals surface area contributed by atoms with Crippen molar-refractivity contribution in [2.24, 2.45) is 5.92 Å². The van der Waals surface area contributed by atoms with E-state index >= 15 is 0 Å². The average Bonchev–Trinajstić information content (AvgIpc) is 2.95. The van der Waals surface area contributed by atoms with Gasteiger partial charge in [0.25, 0.3) is 0 Å². The predicted molar refractivity (Wildman–Crippen MR) is 101 cm³/mol. The Bertz CT molecular complexity index is 770. The highest BCUT2D eigenvalue weighted by Crippen LogP contribution is 2.28. The van der Waals surface area contributed by atoms with Gasteiger partial charge in [-0.25, -0.2) is 9.69 Å². The number of carbonyl (C=O) groups is 2. The first-order chi connectivity index (χ1) is 12.6. The van der Waals surface area contributed by atoms with Crippen molar-refractivity contribution < 1.29 is 14.3 Å². The smallest absolute Gasteiger partial charge is 0.417 e.